The average molecular weight is 364 g/mol. The Labute approximate surface area is 155 Å². The van der Waals surface area contributed by atoms with Crippen LogP contribution in [0.4, 0.5) is 5.82 Å². The highest BCUT2D eigenvalue weighted by Gasteiger charge is 2.16. The van der Waals surface area contributed by atoms with Gasteiger partial charge in [0.15, 0.2) is 11.5 Å². The SMILES string of the molecule is c1ccc2c(-c3nc(CCCCn4cnc5c4CNCN5)no3)n[nH]c2c1. The van der Waals surface area contributed by atoms with Gasteiger partial charge in [-0.3, -0.25) is 10.4 Å². The number of rotatable bonds is 6. The number of hydrogen-bond donors (Lipinski definition) is 3. The quantitative estimate of drug-likeness (QED) is 0.450. The molecule has 138 valence electrons. The smallest absolute Gasteiger partial charge is 0.279 e. The first-order valence-corrected chi connectivity index (χ1v) is 9.13. The van der Waals surface area contributed by atoms with E-state index in [0.29, 0.717) is 17.4 Å². The third kappa shape index (κ3) is 3.06. The van der Waals surface area contributed by atoms with Gasteiger partial charge in [-0.25, -0.2) is 4.98 Å². The van der Waals surface area contributed by atoms with E-state index in [1.807, 2.05) is 30.6 Å². The van der Waals surface area contributed by atoms with Gasteiger partial charge in [-0.1, -0.05) is 23.4 Å². The zero-order valence-corrected chi connectivity index (χ0v) is 14.8. The molecule has 0 fully saturated rings. The highest BCUT2D eigenvalue weighted by molar-refractivity contribution is 5.90. The minimum absolute atomic E-state index is 0.461. The molecule has 0 atom stereocenters. The van der Waals surface area contributed by atoms with Gasteiger partial charge in [0.25, 0.3) is 5.89 Å². The van der Waals surface area contributed by atoms with Crippen LogP contribution in [0.2, 0.25) is 0 Å². The van der Waals surface area contributed by atoms with E-state index < -0.39 is 0 Å². The molecular weight excluding hydrogens is 344 g/mol. The molecule has 1 aliphatic rings. The van der Waals surface area contributed by atoms with Crippen molar-refractivity contribution < 1.29 is 4.52 Å². The summed E-state index contributed by atoms with van der Waals surface area (Å²) in [7, 11) is 0. The Hall–Kier alpha value is -3.20. The van der Waals surface area contributed by atoms with Gasteiger partial charge in [0.1, 0.15) is 5.82 Å². The van der Waals surface area contributed by atoms with Crippen molar-refractivity contribution in [1.82, 2.24) is 35.2 Å². The zero-order valence-electron chi connectivity index (χ0n) is 14.8. The van der Waals surface area contributed by atoms with Crippen LogP contribution < -0.4 is 10.6 Å². The number of nitrogens with one attached hydrogen (secondary N) is 3. The summed E-state index contributed by atoms with van der Waals surface area (Å²) < 4.78 is 7.62. The lowest BCUT2D eigenvalue weighted by atomic mass is 10.2. The monoisotopic (exact) mass is 364 g/mol. The van der Waals surface area contributed by atoms with Gasteiger partial charge < -0.3 is 14.4 Å². The molecule has 5 rings (SSSR count). The average Bonchev–Trinajstić information content (AvgIpc) is 3.43. The van der Waals surface area contributed by atoms with E-state index in [0.717, 1.165) is 55.7 Å². The Bertz CT molecular complexity index is 1060. The first kappa shape index (κ1) is 16.0. The summed E-state index contributed by atoms with van der Waals surface area (Å²) in [4.78, 5) is 8.92. The highest BCUT2D eigenvalue weighted by atomic mass is 16.5. The molecule has 4 aromatic rings. The van der Waals surface area contributed by atoms with Crippen LogP contribution in [-0.2, 0) is 19.5 Å². The number of aryl methyl sites for hydroxylation is 2. The lowest BCUT2D eigenvalue weighted by molar-refractivity contribution is 0.419. The first-order chi connectivity index (χ1) is 13.4. The normalized spacial score (nSPS) is 13.6. The van der Waals surface area contributed by atoms with Crippen LogP contribution in [0.5, 0.6) is 0 Å². The number of imidazole rings is 1. The summed E-state index contributed by atoms with van der Waals surface area (Å²) in [5.41, 5.74) is 2.88. The molecule has 0 unspecified atom stereocenters. The standard InChI is InChI=1S/C18H20N8O/c1-2-6-13-12(5-1)16(24-23-13)18-22-15(25-27-18)7-3-4-8-26-11-21-17-14(26)9-19-10-20-17/h1-2,5-6,11,19-20H,3-4,7-10H2,(H,23,24). The molecule has 0 saturated heterocycles. The van der Waals surface area contributed by atoms with Crippen molar-refractivity contribution >= 4 is 16.7 Å². The number of H-pyrrole nitrogens is 1. The Morgan fingerprint density at radius 2 is 2.15 bits per heavy atom. The van der Waals surface area contributed by atoms with E-state index in [1.165, 1.54) is 5.69 Å². The predicted molar refractivity (Wildman–Crippen MR) is 99.9 cm³/mol. The van der Waals surface area contributed by atoms with Crippen LogP contribution in [0.3, 0.4) is 0 Å². The summed E-state index contributed by atoms with van der Waals surface area (Å²) in [5, 5.41) is 18.9. The van der Waals surface area contributed by atoms with E-state index >= 15 is 0 Å². The van der Waals surface area contributed by atoms with Crippen LogP contribution in [-0.4, -0.2) is 36.6 Å². The second-order valence-electron chi connectivity index (χ2n) is 6.60. The highest BCUT2D eigenvalue weighted by Crippen LogP contribution is 2.24. The third-order valence-electron chi connectivity index (χ3n) is 4.81. The second kappa shape index (κ2) is 6.84. The summed E-state index contributed by atoms with van der Waals surface area (Å²) in [6.07, 6.45) is 4.69. The van der Waals surface area contributed by atoms with Crippen molar-refractivity contribution in [2.45, 2.75) is 32.4 Å². The number of para-hydroxylation sites is 1. The fourth-order valence-electron chi connectivity index (χ4n) is 3.40. The number of unbranched alkanes of at least 4 members (excludes halogenated alkanes) is 1. The fraction of sp³-hybridized carbons (Fsp3) is 0.333. The maximum Gasteiger partial charge on any atom is 0.279 e. The number of hydrogen-bond acceptors (Lipinski definition) is 7. The predicted octanol–water partition coefficient (Wildman–Crippen LogP) is 2.30. The van der Waals surface area contributed by atoms with Crippen molar-refractivity contribution in [3.05, 3.63) is 42.1 Å². The molecule has 0 bridgehead atoms. The Balaban J connectivity index is 1.20. The number of anilines is 1. The van der Waals surface area contributed by atoms with Gasteiger partial charge in [-0.05, 0) is 18.9 Å². The molecule has 1 aromatic carbocycles. The molecular formula is C18H20N8O. The lowest BCUT2D eigenvalue weighted by Crippen LogP contribution is -2.28. The van der Waals surface area contributed by atoms with E-state index in [-0.39, 0.29) is 0 Å². The molecule has 4 heterocycles. The fourth-order valence-corrected chi connectivity index (χ4v) is 3.40. The van der Waals surface area contributed by atoms with Gasteiger partial charge in [0.05, 0.1) is 24.2 Å². The molecule has 9 heteroatoms. The molecule has 3 aromatic heterocycles. The number of aromatic nitrogens is 6. The minimum Gasteiger partial charge on any atom is -0.356 e. The summed E-state index contributed by atoms with van der Waals surface area (Å²) in [6, 6.07) is 7.90. The Morgan fingerprint density at radius 3 is 3.15 bits per heavy atom. The van der Waals surface area contributed by atoms with Gasteiger partial charge in [-0.15, -0.1) is 0 Å². The first-order valence-electron chi connectivity index (χ1n) is 9.13. The van der Waals surface area contributed by atoms with Crippen LogP contribution >= 0.6 is 0 Å². The number of fused-ring (bicyclic) bond motifs is 2. The summed E-state index contributed by atoms with van der Waals surface area (Å²) >= 11 is 0. The van der Waals surface area contributed by atoms with Crippen LogP contribution in [0.1, 0.15) is 24.4 Å². The second-order valence-corrected chi connectivity index (χ2v) is 6.60. The van der Waals surface area contributed by atoms with Crippen LogP contribution in [0.25, 0.3) is 22.5 Å². The summed E-state index contributed by atoms with van der Waals surface area (Å²) in [6.45, 7) is 2.56. The molecule has 1 aliphatic heterocycles. The van der Waals surface area contributed by atoms with Gasteiger partial charge in [-0.2, -0.15) is 10.1 Å². The molecule has 3 N–H and O–H groups in total. The molecule has 9 nitrogen and oxygen atoms in total. The molecule has 27 heavy (non-hydrogen) atoms. The maximum atomic E-state index is 5.42. The number of aromatic amines is 1. The van der Waals surface area contributed by atoms with Crippen molar-refractivity contribution in [3.63, 3.8) is 0 Å². The van der Waals surface area contributed by atoms with Crippen molar-refractivity contribution in [1.29, 1.82) is 0 Å². The largest absolute Gasteiger partial charge is 0.356 e. The molecule has 0 radical (unpaired) electrons. The van der Waals surface area contributed by atoms with E-state index in [1.54, 1.807) is 0 Å². The third-order valence-corrected chi connectivity index (χ3v) is 4.81. The van der Waals surface area contributed by atoms with Crippen molar-refractivity contribution in [2.75, 3.05) is 12.0 Å². The molecule has 0 spiro atoms. The Morgan fingerprint density at radius 1 is 1.19 bits per heavy atom. The zero-order chi connectivity index (χ0) is 18.1. The van der Waals surface area contributed by atoms with E-state index in [9.17, 15) is 0 Å². The molecule has 0 aliphatic carbocycles. The number of benzene rings is 1. The van der Waals surface area contributed by atoms with Crippen molar-refractivity contribution in [3.8, 4) is 11.6 Å². The maximum absolute atomic E-state index is 5.42. The van der Waals surface area contributed by atoms with Gasteiger partial charge in [0, 0.05) is 24.9 Å². The minimum atomic E-state index is 0.461. The van der Waals surface area contributed by atoms with E-state index in [2.05, 4.69) is 40.5 Å². The van der Waals surface area contributed by atoms with E-state index in [4.69, 9.17) is 4.52 Å². The number of nitrogens with zero attached hydrogens (tertiary/aromatic N) is 5. The van der Waals surface area contributed by atoms with Gasteiger partial charge >= 0.3 is 0 Å². The molecule has 0 amide bonds. The van der Waals surface area contributed by atoms with Gasteiger partial charge in [0.2, 0.25) is 0 Å². The summed E-state index contributed by atoms with van der Waals surface area (Å²) in [5.74, 6) is 2.17. The van der Waals surface area contributed by atoms with Crippen molar-refractivity contribution in [2.24, 2.45) is 0 Å². The lowest BCUT2D eigenvalue weighted by Gasteiger charge is -2.16. The topological polar surface area (TPSA) is 109 Å². The van der Waals surface area contributed by atoms with Crippen LogP contribution in [0.15, 0.2) is 35.1 Å². The van der Waals surface area contributed by atoms with Crippen LogP contribution in [0, 0.1) is 0 Å². The molecule has 0 saturated carbocycles. The Kier molecular flexibility index (Phi) is 4.06.